The summed E-state index contributed by atoms with van der Waals surface area (Å²) in [6, 6.07) is 14.7. The monoisotopic (exact) mass is 667 g/mol. The van der Waals surface area contributed by atoms with Crippen LogP contribution in [0.1, 0.15) is 57.3 Å². The maximum atomic E-state index is 13.2. The molecule has 1 aliphatic rings. The summed E-state index contributed by atoms with van der Waals surface area (Å²) in [5, 5.41) is 22.4. The van der Waals surface area contributed by atoms with Crippen molar-refractivity contribution in [3.8, 4) is 23.6 Å². The van der Waals surface area contributed by atoms with Gasteiger partial charge in [0.05, 0.1) is 34.5 Å². The lowest BCUT2D eigenvalue weighted by molar-refractivity contribution is -0.112. The summed E-state index contributed by atoms with van der Waals surface area (Å²) >= 11 is 3.47. The first-order chi connectivity index (χ1) is 19.4. The molecule has 204 valence electrons. The highest BCUT2D eigenvalue weighted by atomic mass is 127. The van der Waals surface area contributed by atoms with Crippen LogP contribution in [0.15, 0.2) is 42.0 Å². The largest absolute Gasteiger partial charge is 0.493 e. The van der Waals surface area contributed by atoms with Crippen molar-refractivity contribution in [3.63, 3.8) is 0 Å². The molecule has 1 amide bonds. The second kappa shape index (κ2) is 13.5. The van der Waals surface area contributed by atoms with Crippen molar-refractivity contribution in [2.75, 3.05) is 19.0 Å². The Hall–Kier alpha value is -3.87. The van der Waals surface area contributed by atoms with Crippen molar-refractivity contribution in [1.82, 2.24) is 0 Å². The second-order valence-corrected chi connectivity index (χ2v) is 11.1. The molecule has 8 nitrogen and oxygen atoms in total. The molecule has 0 atom stereocenters. The van der Waals surface area contributed by atoms with Crippen LogP contribution in [0.3, 0.4) is 0 Å². The quantitative estimate of drug-likeness (QED) is 0.121. The number of hydrogen-bond acceptors (Lipinski definition) is 8. The Morgan fingerprint density at radius 3 is 2.67 bits per heavy atom. The van der Waals surface area contributed by atoms with Gasteiger partial charge in [0.25, 0.3) is 5.91 Å². The number of nitriles is 2. The van der Waals surface area contributed by atoms with E-state index in [1.807, 2.05) is 18.2 Å². The van der Waals surface area contributed by atoms with Gasteiger partial charge in [0.1, 0.15) is 23.3 Å². The SMILES string of the molecule is CCOC(=O)c1c(NC(=O)C(C#N)=Cc2cc(I)c(OCc3ccccc3C#N)c(OC)c2)sc2c1CCCC2. The van der Waals surface area contributed by atoms with Crippen molar-refractivity contribution in [3.05, 3.63) is 78.2 Å². The maximum absolute atomic E-state index is 13.2. The van der Waals surface area contributed by atoms with E-state index in [0.717, 1.165) is 41.7 Å². The van der Waals surface area contributed by atoms with E-state index in [0.29, 0.717) is 36.8 Å². The average Bonchev–Trinajstić information content (AvgIpc) is 3.33. The first-order valence-corrected chi connectivity index (χ1v) is 14.5. The summed E-state index contributed by atoms with van der Waals surface area (Å²) < 4.78 is 17.5. The number of nitrogens with zero attached hydrogens (tertiary/aromatic N) is 2. The van der Waals surface area contributed by atoms with Crippen LogP contribution >= 0.6 is 33.9 Å². The van der Waals surface area contributed by atoms with Crippen LogP contribution in [0.25, 0.3) is 6.08 Å². The van der Waals surface area contributed by atoms with Gasteiger partial charge in [0.15, 0.2) is 11.5 Å². The van der Waals surface area contributed by atoms with Crippen LogP contribution in [0, 0.1) is 26.2 Å². The third-order valence-electron chi connectivity index (χ3n) is 6.32. The second-order valence-electron chi connectivity index (χ2n) is 8.85. The standard InChI is InChI=1S/C30H26IN3O5S/c1-3-38-30(36)26-22-10-6-7-11-25(22)40-29(26)34-28(35)21(16-33)12-18-13-23(31)27(24(14-18)37-2)39-17-20-9-5-4-8-19(20)15-32/h4-5,8-9,12-14H,3,6-7,10-11,17H2,1-2H3,(H,34,35). The highest BCUT2D eigenvalue weighted by Crippen LogP contribution is 2.39. The topological polar surface area (TPSA) is 121 Å². The van der Waals surface area contributed by atoms with Crippen molar-refractivity contribution in [2.45, 2.75) is 39.2 Å². The molecule has 0 radical (unpaired) electrons. The van der Waals surface area contributed by atoms with Gasteiger partial charge < -0.3 is 19.5 Å². The Labute approximate surface area is 250 Å². The van der Waals surface area contributed by atoms with Gasteiger partial charge in [-0.1, -0.05) is 18.2 Å². The highest BCUT2D eigenvalue weighted by molar-refractivity contribution is 14.1. The lowest BCUT2D eigenvalue weighted by atomic mass is 9.95. The zero-order chi connectivity index (χ0) is 28.6. The number of ether oxygens (including phenoxy) is 3. The molecule has 40 heavy (non-hydrogen) atoms. The van der Waals surface area contributed by atoms with E-state index in [1.54, 1.807) is 31.2 Å². The van der Waals surface area contributed by atoms with Crippen LogP contribution in [-0.2, 0) is 29.0 Å². The average molecular weight is 668 g/mol. The number of anilines is 1. The molecule has 3 aromatic rings. The fraction of sp³-hybridized carbons (Fsp3) is 0.267. The van der Waals surface area contributed by atoms with Gasteiger partial charge in [-0.2, -0.15) is 10.5 Å². The van der Waals surface area contributed by atoms with Gasteiger partial charge in [-0.3, -0.25) is 4.79 Å². The molecule has 0 saturated carbocycles. The van der Waals surface area contributed by atoms with Gasteiger partial charge in [-0.05, 0) is 90.6 Å². The van der Waals surface area contributed by atoms with Crippen LogP contribution in [0.2, 0.25) is 0 Å². The summed E-state index contributed by atoms with van der Waals surface area (Å²) in [6.07, 6.45) is 5.06. The molecule has 1 aromatic heterocycles. The minimum Gasteiger partial charge on any atom is -0.493 e. The van der Waals surface area contributed by atoms with E-state index in [1.165, 1.54) is 24.5 Å². The number of hydrogen-bond donors (Lipinski definition) is 1. The van der Waals surface area contributed by atoms with Gasteiger partial charge in [-0.25, -0.2) is 4.79 Å². The molecule has 1 N–H and O–H groups in total. The normalized spacial score (nSPS) is 12.5. The van der Waals surface area contributed by atoms with E-state index < -0.39 is 11.9 Å². The first kappa shape index (κ1) is 29.1. The number of esters is 1. The van der Waals surface area contributed by atoms with E-state index in [-0.39, 0.29) is 18.8 Å². The number of nitrogens with one attached hydrogen (secondary N) is 1. The number of amides is 1. The third kappa shape index (κ3) is 6.46. The number of fused-ring (bicyclic) bond motifs is 1. The Balaban J connectivity index is 1.59. The molecule has 4 rings (SSSR count). The molecule has 0 bridgehead atoms. The van der Waals surface area contributed by atoms with Crippen molar-refractivity contribution in [2.24, 2.45) is 0 Å². The molecule has 1 heterocycles. The lowest BCUT2D eigenvalue weighted by Crippen LogP contribution is -2.16. The number of methoxy groups -OCH3 is 1. The van der Waals surface area contributed by atoms with Crippen molar-refractivity contribution in [1.29, 1.82) is 10.5 Å². The number of aryl methyl sites for hydroxylation is 1. The van der Waals surface area contributed by atoms with Crippen LogP contribution in [0.5, 0.6) is 11.5 Å². The Morgan fingerprint density at radius 2 is 1.95 bits per heavy atom. The number of thiophene rings is 1. The fourth-order valence-corrected chi connectivity index (χ4v) is 6.48. The summed E-state index contributed by atoms with van der Waals surface area (Å²) in [6.45, 7) is 2.14. The molecule has 0 unspecified atom stereocenters. The predicted octanol–water partition coefficient (Wildman–Crippen LogP) is 6.41. The zero-order valence-corrected chi connectivity index (χ0v) is 25.0. The number of carbonyl (C=O) groups excluding carboxylic acids is 2. The number of benzene rings is 2. The van der Waals surface area contributed by atoms with E-state index in [4.69, 9.17) is 14.2 Å². The van der Waals surface area contributed by atoms with E-state index in [2.05, 4.69) is 34.0 Å². The van der Waals surface area contributed by atoms with Gasteiger partial charge in [0.2, 0.25) is 0 Å². The molecular formula is C30H26IN3O5S. The molecule has 0 aliphatic heterocycles. The highest BCUT2D eigenvalue weighted by Gasteiger charge is 2.28. The molecule has 10 heteroatoms. The zero-order valence-electron chi connectivity index (χ0n) is 22.0. The van der Waals surface area contributed by atoms with Crippen LogP contribution in [-0.4, -0.2) is 25.6 Å². The van der Waals surface area contributed by atoms with Gasteiger partial charge in [-0.15, -0.1) is 11.3 Å². The molecular weight excluding hydrogens is 641 g/mol. The molecule has 0 saturated heterocycles. The lowest BCUT2D eigenvalue weighted by Gasteiger charge is -2.14. The first-order valence-electron chi connectivity index (χ1n) is 12.6. The molecule has 1 aliphatic carbocycles. The Morgan fingerprint density at radius 1 is 1.18 bits per heavy atom. The van der Waals surface area contributed by atoms with Crippen molar-refractivity contribution < 1.29 is 23.8 Å². The summed E-state index contributed by atoms with van der Waals surface area (Å²) in [5.41, 5.74) is 3.03. The number of halogens is 1. The van der Waals surface area contributed by atoms with Gasteiger partial charge in [0, 0.05) is 10.4 Å². The van der Waals surface area contributed by atoms with E-state index >= 15 is 0 Å². The minimum atomic E-state index is -0.617. The van der Waals surface area contributed by atoms with Crippen LogP contribution in [0.4, 0.5) is 5.00 Å². The Bertz CT molecular complexity index is 1560. The summed E-state index contributed by atoms with van der Waals surface area (Å²) in [5.74, 6) is -0.180. The maximum Gasteiger partial charge on any atom is 0.341 e. The molecule has 0 spiro atoms. The predicted molar refractivity (Wildman–Crippen MR) is 160 cm³/mol. The smallest absolute Gasteiger partial charge is 0.341 e. The number of carbonyl (C=O) groups is 2. The third-order valence-corrected chi connectivity index (χ3v) is 8.32. The van der Waals surface area contributed by atoms with Crippen molar-refractivity contribution >= 4 is 56.9 Å². The van der Waals surface area contributed by atoms with E-state index in [9.17, 15) is 20.1 Å². The fourth-order valence-electron chi connectivity index (χ4n) is 4.43. The summed E-state index contributed by atoms with van der Waals surface area (Å²) in [7, 11) is 1.50. The molecule has 2 aromatic carbocycles. The molecule has 0 fully saturated rings. The Kier molecular flexibility index (Phi) is 9.80. The van der Waals surface area contributed by atoms with Crippen LogP contribution < -0.4 is 14.8 Å². The van der Waals surface area contributed by atoms with Gasteiger partial charge >= 0.3 is 5.97 Å². The summed E-state index contributed by atoms with van der Waals surface area (Å²) in [4.78, 5) is 27.0. The number of rotatable bonds is 9. The minimum absolute atomic E-state index is 0.129.